The number of rotatable bonds is 19. The number of halogens is 13. The lowest BCUT2D eigenvalue weighted by Crippen LogP contribution is -2.70. The molecule has 0 bridgehead atoms. The predicted molar refractivity (Wildman–Crippen MR) is 110 cm³/mol. The van der Waals surface area contributed by atoms with E-state index < -0.39 is 72.4 Å². The van der Waals surface area contributed by atoms with E-state index in [1.807, 2.05) is 6.92 Å². The molecule has 0 spiro atoms. The Morgan fingerprint density at radius 3 is 1.21 bits per heavy atom. The maximum Gasteiger partial charge on any atom is 0.460 e. The highest BCUT2D eigenvalue weighted by molar-refractivity contribution is 5.98. The van der Waals surface area contributed by atoms with Crippen LogP contribution in [0, 0.1) is 5.41 Å². The molecule has 0 saturated carbocycles. The van der Waals surface area contributed by atoms with Crippen LogP contribution in [-0.2, 0) is 9.59 Å². The molecule has 0 saturated heterocycles. The van der Waals surface area contributed by atoms with Gasteiger partial charge in [-0.05, 0) is 12.8 Å². The lowest BCUT2D eigenvalue weighted by molar-refractivity contribution is -0.440. The standard InChI is InChI=1S/C22H29F13O4/c1-2-3-4-5-6-7-8-9-10-11-16(14(36)37,15(38)39)12-13-17(23,24)18(25,26)19(27,28)20(29,30)21(31,32)22(33,34)35/h2-13H2,1H3,(H,36,37)(H,38,39). The van der Waals surface area contributed by atoms with Crippen LogP contribution in [0.15, 0.2) is 0 Å². The van der Waals surface area contributed by atoms with Crippen molar-refractivity contribution >= 4 is 11.9 Å². The summed E-state index contributed by atoms with van der Waals surface area (Å²) in [5, 5.41) is 18.6. The van der Waals surface area contributed by atoms with E-state index in [4.69, 9.17) is 0 Å². The van der Waals surface area contributed by atoms with Gasteiger partial charge in [0.25, 0.3) is 0 Å². The van der Waals surface area contributed by atoms with Gasteiger partial charge in [-0.2, -0.15) is 57.1 Å². The van der Waals surface area contributed by atoms with Crippen molar-refractivity contribution in [2.45, 2.75) is 120 Å². The largest absolute Gasteiger partial charge is 0.480 e. The molecule has 232 valence electrons. The van der Waals surface area contributed by atoms with E-state index in [0.29, 0.717) is 12.8 Å². The monoisotopic (exact) mass is 604 g/mol. The number of alkyl halides is 13. The van der Waals surface area contributed by atoms with Crippen LogP contribution in [0.3, 0.4) is 0 Å². The molecular formula is C22H29F13O4. The highest BCUT2D eigenvalue weighted by Gasteiger charge is 2.90. The number of hydrogen-bond acceptors (Lipinski definition) is 2. The minimum absolute atomic E-state index is 0.152. The first kappa shape index (κ1) is 37.0. The lowest BCUT2D eigenvalue weighted by Gasteiger charge is -2.40. The maximum absolute atomic E-state index is 14.1. The van der Waals surface area contributed by atoms with Crippen molar-refractivity contribution in [2.75, 3.05) is 0 Å². The zero-order chi connectivity index (χ0) is 31.1. The van der Waals surface area contributed by atoms with Crippen LogP contribution in [0.25, 0.3) is 0 Å². The summed E-state index contributed by atoms with van der Waals surface area (Å²) in [7, 11) is 0. The Morgan fingerprint density at radius 1 is 0.487 bits per heavy atom. The van der Waals surface area contributed by atoms with Crippen LogP contribution in [0.4, 0.5) is 57.1 Å². The molecule has 2 N–H and O–H groups in total. The molecule has 0 rings (SSSR count). The molecule has 0 aliphatic carbocycles. The molecule has 0 atom stereocenters. The van der Waals surface area contributed by atoms with Crippen molar-refractivity contribution in [2.24, 2.45) is 5.41 Å². The topological polar surface area (TPSA) is 74.6 Å². The van der Waals surface area contributed by atoms with Gasteiger partial charge in [0.2, 0.25) is 0 Å². The quantitative estimate of drug-likeness (QED) is 0.0880. The molecule has 0 aliphatic rings. The molecule has 0 amide bonds. The van der Waals surface area contributed by atoms with Crippen LogP contribution >= 0.6 is 0 Å². The third-order valence-electron chi connectivity index (χ3n) is 6.39. The van der Waals surface area contributed by atoms with E-state index in [2.05, 4.69) is 0 Å². The fourth-order valence-corrected chi connectivity index (χ4v) is 3.71. The highest BCUT2D eigenvalue weighted by Crippen LogP contribution is 2.61. The summed E-state index contributed by atoms with van der Waals surface area (Å²) >= 11 is 0. The van der Waals surface area contributed by atoms with E-state index in [9.17, 15) is 76.9 Å². The minimum atomic E-state index is -8.08. The maximum atomic E-state index is 14.1. The van der Waals surface area contributed by atoms with Crippen molar-refractivity contribution in [1.82, 2.24) is 0 Å². The molecule has 0 aromatic carbocycles. The van der Waals surface area contributed by atoms with Crippen molar-refractivity contribution in [1.29, 1.82) is 0 Å². The normalized spacial score (nSPS) is 14.5. The zero-order valence-electron chi connectivity index (χ0n) is 20.6. The number of unbranched alkanes of at least 4 members (excludes halogenated alkanes) is 8. The molecule has 39 heavy (non-hydrogen) atoms. The van der Waals surface area contributed by atoms with Gasteiger partial charge < -0.3 is 10.2 Å². The molecular weight excluding hydrogens is 575 g/mol. The summed E-state index contributed by atoms with van der Waals surface area (Å²) in [5.41, 5.74) is -3.30. The molecule has 0 heterocycles. The van der Waals surface area contributed by atoms with Gasteiger partial charge in [0.1, 0.15) is 0 Å². The van der Waals surface area contributed by atoms with Crippen LogP contribution in [0.1, 0.15) is 84.0 Å². The smallest absolute Gasteiger partial charge is 0.460 e. The molecule has 0 radical (unpaired) electrons. The highest BCUT2D eigenvalue weighted by atomic mass is 19.4. The second kappa shape index (κ2) is 13.1. The third-order valence-corrected chi connectivity index (χ3v) is 6.39. The van der Waals surface area contributed by atoms with Crippen molar-refractivity contribution in [3.05, 3.63) is 0 Å². The van der Waals surface area contributed by atoms with Crippen molar-refractivity contribution in [3.63, 3.8) is 0 Å². The lowest BCUT2D eigenvalue weighted by atomic mass is 9.76. The van der Waals surface area contributed by atoms with E-state index >= 15 is 0 Å². The fourth-order valence-electron chi connectivity index (χ4n) is 3.71. The summed E-state index contributed by atoms with van der Waals surface area (Å²) in [6.07, 6.45) is -7.94. The zero-order valence-corrected chi connectivity index (χ0v) is 20.6. The van der Waals surface area contributed by atoms with Crippen LogP contribution < -0.4 is 0 Å². The number of carbonyl (C=O) groups is 2. The Bertz CT molecular complexity index is 796. The second-order valence-corrected chi connectivity index (χ2v) is 9.27. The molecule has 4 nitrogen and oxygen atoms in total. The summed E-state index contributed by atoms with van der Waals surface area (Å²) < 4.78 is 172. The average Bonchev–Trinajstić information content (AvgIpc) is 2.78. The summed E-state index contributed by atoms with van der Waals surface area (Å²) in [5.74, 6) is -42.9. The van der Waals surface area contributed by atoms with Gasteiger partial charge in [-0.1, -0.05) is 64.7 Å². The molecule has 0 aliphatic heterocycles. The Labute approximate surface area is 214 Å². The second-order valence-electron chi connectivity index (χ2n) is 9.27. The van der Waals surface area contributed by atoms with Crippen LogP contribution in [0.2, 0.25) is 0 Å². The van der Waals surface area contributed by atoms with E-state index in [1.54, 1.807) is 0 Å². The Hall–Kier alpha value is -1.97. The minimum Gasteiger partial charge on any atom is -0.480 e. The first-order valence-electron chi connectivity index (χ1n) is 11.8. The summed E-state index contributed by atoms with van der Waals surface area (Å²) in [6.45, 7) is 1.99. The summed E-state index contributed by atoms with van der Waals surface area (Å²) in [6, 6.07) is 0. The van der Waals surface area contributed by atoms with Gasteiger partial charge in [0, 0.05) is 6.42 Å². The first-order chi connectivity index (χ1) is 17.4. The number of aliphatic carboxylic acids is 2. The number of carboxylic acids is 2. The molecule has 17 heteroatoms. The van der Waals surface area contributed by atoms with Crippen molar-refractivity contribution in [3.8, 4) is 0 Å². The fraction of sp³-hybridized carbons (Fsp3) is 0.909. The van der Waals surface area contributed by atoms with Gasteiger partial charge in [-0.3, -0.25) is 9.59 Å². The van der Waals surface area contributed by atoms with Gasteiger partial charge in [-0.15, -0.1) is 0 Å². The SMILES string of the molecule is CCCCCCCCCCCC(CCC(F)(F)C(F)(F)C(F)(F)C(F)(F)C(F)(F)C(F)(F)F)(C(=O)O)C(=O)O. The Balaban J connectivity index is 5.75. The average molecular weight is 604 g/mol. The first-order valence-corrected chi connectivity index (χ1v) is 11.8. The molecule has 0 fully saturated rings. The Morgan fingerprint density at radius 2 is 0.846 bits per heavy atom. The number of carboxylic acid groups (broad SMARTS) is 2. The number of hydrogen-bond donors (Lipinski definition) is 2. The van der Waals surface area contributed by atoms with E-state index in [-0.39, 0.29) is 12.8 Å². The van der Waals surface area contributed by atoms with Crippen LogP contribution in [-0.4, -0.2) is 57.9 Å². The van der Waals surface area contributed by atoms with E-state index in [1.165, 1.54) is 0 Å². The van der Waals surface area contributed by atoms with Gasteiger partial charge in [-0.25, -0.2) is 0 Å². The summed E-state index contributed by atoms with van der Waals surface area (Å²) in [4.78, 5) is 23.2. The predicted octanol–water partition coefficient (Wildman–Crippen LogP) is 8.58. The third kappa shape index (κ3) is 7.61. The van der Waals surface area contributed by atoms with Gasteiger partial charge in [0.15, 0.2) is 5.41 Å². The van der Waals surface area contributed by atoms with Crippen molar-refractivity contribution < 1.29 is 76.9 Å². The van der Waals surface area contributed by atoms with Crippen LogP contribution in [0.5, 0.6) is 0 Å². The molecule has 0 aromatic rings. The van der Waals surface area contributed by atoms with Gasteiger partial charge in [0.05, 0.1) is 0 Å². The molecule has 0 aromatic heterocycles. The molecule has 0 unspecified atom stereocenters. The van der Waals surface area contributed by atoms with Gasteiger partial charge >= 0.3 is 47.7 Å². The Kier molecular flexibility index (Phi) is 12.5. The van der Waals surface area contributed by atoms with E-state index in [0.717, 1.165) is 32.1 Å².